The number of carbonyl (C=O) groups excluding carboxylic acids is 2. The van der Waals surface area contributed by atoms with E-state index in [-0.39, 0.29) is 24.4 Å². The molecule has 0 spiro atoms. The van der Waals surface area contributed by atoms with Crippen molar-refractivity contribution < 1.29 is 23.8 Å². The number of methoxy groups -OCH3 is 2. The third-order valence-electron chi connectivity index (χ3n) is 4.81. The maximum Gasteiger partial charge on any atom is 0.315 e. The number of nitrogens with one attached hydrogen (secondary N) is 2. The standard InChI is InChI=1S/C22H27N3O5/c1-4-30-20-10-15(8-9-19(20)29-3)13-23-22(27)24-16-11-21(26)25(14-16)17-6-5-7-18(12-17)28-2/h5-10,12,16H,4,11,13-14H2,1-3H3,(H2,23,24,27). The molecule has 3 rings (SSSR count). The van der Waals surface area contributed by atoms with Crippen molar-refractivity contribution in [2.24, 2.45) is 0 Å². The van der Waals surface area contributed by atoms with Crippen molar-refractivity contribution in [3.63, 3.8) is 0 Å². The molecule has 30 heavy (non-hydrogen) atoms. The SMILES string of the molecule is CCOc1cc(CNC(=O)NC2CC(=O)N(c3cccc(OC)c3)C2)ccc1OC. The number of benzene rings is 2. The Hall–Kier alpha value is -3.42. The molecule has 1 atom stereocenters. The van der Waals surface area contributed by atoms with Crippen molar-refractivity contribution in [3.8, 4) is 17.2 Å². The quantitative estimate of drug-likeness (QED) is 0.695. The van der Waals surface area contributed by atoms with Crippen LogP contribution in [0, 0.1) is 0 Å². The molecule has 2 N–H and O–H groups in total. The number of hydrogen-bond acceptors (Lipinski definition) is 5. The van der Waals surface area contributed by atoms with E-state index in [1.165, 1.54) is 0 Å². The number of ether oxygens (including phenoxy) is 3. The number of amides is 3. The average molecular weight is 413 g/mol. The molecule has 1 aliphatic rings. The minimum atomic E-state index is -0.325. The van der Waals surface area contributed by atoms with Crippen molar-refractivity contribution in [2.75, 3.05) is 32.3 Å². The Morgan fingerprint density at radius 3 is 2.70 bits per heavy atom. The van der Waals surface area contributed by atoms with Crippen molar-refractivity contribution in [3.05, 3.63) is 48.0 Å². The lowest BCUT2D eigenvalue weighted by molar-refractivity contribution is -0.117. The Morgan fingerprint density at radius 2 is 1.97 bits per heavy atom. The molecule has 0 aliphatic carbocycles. The lowest BCUT2D eigenvalue weighted by Crippen LogP contribution is -2.43. The van der Waals surface area contributed by atoms with Crippen molar-refractivity contribution in [1.82, 2.24) is 10.6 Å². The van der Waals surface area contributed by atoms with Gasteiger partial charge in [0.2, 0.25) is 5.91 Å². The molecule has 2 aromatic carbocycles. The number of rotatable bonds is 8. The van der Waals surface area contributed by atoms with Crippen LogP contribution in [0.2, 0.25) is 0 Å². The second kappa shape index (κ2) is 9.87. The van der Waals surface area contributed by atoms with Gasteiger partial charge in [-0.15, -0.1) is 0 Å². The van der Waals surface area contributed by atoms with Gasteiger partial charge in [0.15, 0.2) is 11.5 Å². The zero-order valence-corrected chi connectivity index (χ0v) is 17.4. The third kappa shape index (κ3) is 5.14. The highest BCUT2D eigenvalue weighted by Crippen LogP contribution is 2.28. The van der Waals surface area contributed by atoms with Gasteiger partial charge in [-0.05, 0) is 36.8 Å². The monoisotopic (exact) mass is 413 g/mol. The molecule has 3 amide bonds. The predicted octanol–water partition coefficient (Wildman–Crippen LogP) is 2.71. The summed E-state index contributed by atoms with van der Waals surface area (Å²) in [5, 5.41) is 5.69. The van der Waals surface area contributed by atoms with Gasteiger partial charge < -0.3 is 29.7 Å². The molecule has 0 saturated carbocycles. The maximum atomic E-state index is 12.4. The van der Waals surface area contributed by atoms with Crippen molar-refractivity contribution in [2.45, 2.75) is 25.9 Å². The van der Waals surface area contributed by atoms with E-state index in [1.807, 2.05) is 43.3 Å². The first-order chi connectivity index (χ1) is 14.5. The summed E-state index contributed by atoms with van der Waals surface area (Å²) in [7, 11) is 3.17. The van der Waals surface area contributed by atoms with Gasteiger partial charge in [0.05, 0.1) is 26.9 Å². The fourth-order valence-electron chi connectivity index (χ4n) is 3.35. The Balaban J connectivity index is 1.54. The van der Waals surface area contributed by atoms with Crippen LogP contribution in [0.15, 0.2) is 42.5 Å². The summed E-state index contributed by atoms with van der Waals surface area (Å²) >= 11 is 0. The van der Waals surface area contributed by atoms with Crippen LogP contribution in [-0.4, -0.2) is 45.4 Å². The van der Waals surface area contributed by atoms with Crippen molar-refractivity contribution in [1.29, 1.82) is 0 Å². The van der Waals surface area contributed by atoms with Crippen LogP contribution in [0.25, 0.3) is 0 Å². The first-order valence-corrected chi connectivity index (χ1v) is 9.82. The maximum absolute atomic E-state index is 12.4. The summed E-state index contributed by atoms with van der Waals surface area (Å²) in [5.74, 6) is 1.92. The molecule has 1 fully saturated rings. The number of nitrogens with zero attached hydrogens (tertiary/aromatic N) is 1. The number of anilines is 1. The smallest absolute Gasteiger partial charge is 0.315 e. The van der Waals surface area contributed by atoms with Crippen LogP contribution in [-0.2, 0) is 11.3 Å². The van der Waals surface area contributed by atoms with Gasteiger partial charge in [-0.1, -0.05) is 12.1 Å². The molecular weight excluding hydrogens is 386 g/mol. The molecule has 0 radical (unpaired) electrons. The van der Waals surface area contributed by atoms with E-state index in [0.717, 1.165) is 11.3 Å². The summed E-state index contributed by atoms with van der Waals surface area (Å²) in [6, 6.07) is 12.2. The second-order valence-corrected chi connectivity index (χ2v) is 6.85. The van der Waals surface area contributed by atoms with Gasteiger partial charge in [-0.25, -0.2) is 4.79 Å². The van der Waals surface area contributed by atoms with Crippen LogP contribution >= 0.6 is 0 Å². The van der Waals surface area contributed by atoms with E-state index in [0.29, 0.717) is 36.9 Å². The predicted molar refractivity (Wildman–Crippen MR) is 113 cm³/mol. The molecule has 0 bridgehead atoms. The summed E-state index contributed by atoms with van der Waals surface area (Å²) in [5.41, 5.74) is 1.64. The molecule has 160 valence electrons. The highest BCUT2D eigenvalue weighted by atomic mass is 16.5. The summed E-state index contributed by atoms with van der Waals surface area (Å²) in [6.07, 6.45) is 0.252. The largest absolute Gasteiger partial charge is 0.497 e. The summed E-state index contributed by atoms with van der Waals surface area (Å²) < 4.78 is 16.0. The zero-order chi connectivity index (χ0) is 21.5. The lowest BCUT2D eigenvalue weighted by Gasteiger charge is -2.18. The van der Waals surface area contributed by atoms with E-state index in [1.54, 1.807) is 25.2 Å². The van der Waals surface area contributed by atoms with Gasteiger partial charge in [0.25, 0.3) is 0 Å². The third-order valence-corrected chi connectivity index (χ3v) is 4.81. The average Bonchev–Trinajstić information content (AvgIpc) is 3.12. The van der Waals surface area contributed by atoms with Crippen LogP contribution < -0.4 is 29.7 Å². The van der Waals surface area contributed by atoms with Crippen LogP contribution in [0.1, 0.15) is 18.9 Å². The Labute approximate surface area is 176 Å². The second-order valence-electron chi connectivity index (χ2n) is 6.85. The van der Waals surface area contributed by atoms with Gasteiger partial charge in [0.1, 0.15) is 5.75 Å². The normalized spacial score (nSPS) is 15.6. The molecule has 1 saturated heterocycles. The van der Waals surface area contributed by atoms with Gasteiger partial charge in [-0.3, -0.25) is 4.79 Å². The highest BCUT2D eigenvalue weighted by molar-refractivity contribution is 5.97. The minimum absolute atomic E-state index is 0.0370. The molecule has 8 nitrogen and oxygen atoms in total. The molecule has 1 aliphatic heterocycles. The van der Waals surface area contributed by atoms with Gasteiger partial charge >= 0.3 is 6.03 Å². The van der Waals surface area contributed by atoms with E-state index in [4.69, 9.17) is 14.2 Å². The number of urea groups is 1. The molecule has 8 heteroatoms. The van der Waals surface area contributed by atoms with E-state index in [2.05, 4.69) is 10.6 Å². The number of carbonyl (C=O) groups is 2. The summed E-state index contributed by atoms with van der Waals surface area (Å²) in [6.45, 7) is 3.16. The summed E-state index contributed by atoms with van der Waals surface area (Å²) in [4.78, 5) is 26.4. The van der Waals surface area contributed by atoms with Crippen LogP contribution in [0.3, 0.4) is 0 Å². The Kier molecular flexibility index (Phi) is 7.00. The molecule has 0 aromatic heterocycles. The van der Waals surface area contributed by atoms with E-state index < -0.39 is 0 Å². The molecule has 1 heterocycles. The first kappa shape index (κ1) is 21.3. The van der Waals surface area contributed by atoms with Crippen LogP contribution in [0.4, 0.5) is 10.5 Å². The van der Waals surface area contributed by atoms with Gasteiger partial charge in [0, 0.05) is 31.3 Å². The first-order valence-electron chi connectivity index (χ1n) is 9.82. The number of hydrogen-bond donors (Lipinski definition) is 2. The minimum Gasteiger partial charge on any atom is -0.497 e. The van der Waals surface area contributed by atoms with E-state index >= 15 is 0 Å². The highest BCUT2D eigenvalue weighted by Gasteiger charge is 2.31. The Morgan fingerprint density at radius 1 is 1.13 bits per heavy atom. The molecular formula is C22H27N3O5. The fraction of sp³-hybridized carbons (Fsp3) is 0.364. The zero-order valence-electron chi connectivity index (χ0n) is 17.4. The lowest BCUT2D eigenvalue weighted by atomic mass is 10.2. The fourth-order valence-corrected chi connectivity index (χ4v) is 3.35. The van der Waals surface area contributed by atoms with Crippen LogP contribution in [0.5, 0.6) is 17.2 Å². The topological polar surface area (TPSA) is 89.1 Å². The van der Waals surface area contributed by atoms with Crippen molar-refractivity contribution >= 4 is 17.6 Å². The molecule has 1 unspecified atom stereocenters. The Bertz CT molecular complexity index is 902. The molecule has 2 aromatic rings. The van der Waals surface area contributed by atoms with E-state index in [9.17, 15) is 9.59 Å². The van der Waals surface area contributed by atoms with Gasteiger partial charge in [-0.2, -0.15) is 0 Å².